The lowest BCUT2D eigenvalue weighted by atomic mass is 9.78. The summed E-state index contributed by atoms with van der Waals surface area (Å²) in [4.78, 5) is 39.4. The summed E-state index contributed by atoms with van der Waals surface area (Å²) in [6.45, 7) is 0.150. The number of nitrogens with zero attached hydrogens (tertiary/aromatic N) is 2. The molecule has 1 heterocycles. The van der Waals surface area contributed by atoms with Crippen molar-refractivity contribution in [2.24, 2.45) is 5.92 Å². The quantitative estimate of drug-likeness (QED) is 0.423. The van der Waals surface area contributed by atoms with E-state index in [1.54, 1.807) is 0 Å². The van der Waals surface area contributed by atoms with Gasteiger partial charge < -0.3 is 15.2 Å². The molecule has 10 nitrogen and oxygen atoms in total. The van der Waals surface area contributed by atoms with Crippen LogP contribution in [0, 0.1) is 5.92 Å². The molecule has 0 bridgehead atoms. The maximum absolute atomic E-state index is 12.4. The van der Waals surface area contributed by atoms with E-state index in [4.69, 9.17) is 9.84 Å². The zero-order valence-corrected chi connectivity index (χ0v) is 18.2. The number of carboxylic acid groups (broad SMARTS) is 1. The number of aliphatic carboxylic acids is 1. The van der Waals surface area contributed by atoms with E-state index in [0.29, 0.717) is 12.8 Å². The highest BCUT2D eigenvalue weighted by atomic mass is 16.5. The fourth-order valence-electron chi connectivity index (χ4n) is 4.67. The molecule has 174 valence electrons. The average molecular weight is 461 g/mol. The minimum absolute atomic E-state index is 0.0457. The molecule has 2 aliphatic carbocycles. The molecule has 0 unspecified atom stereocenters. The minimum atomic E-state index is -0.839. The van der Waals surface area contributed by atoms with E-state index in [9.17, 15) is 14.4 Å². The van der Waals surface area contributed by atoms with Crippen LogP contribution in [0.2, 0.25) is 0 Å². The highest BCUT2D eigenvalue weighted by Gasteiger charge is 2.33. The molecule has 3 aromatic rings. The zero-order valence-electron chi connectivity index (χ0n) is 18.2. The Hall–Kier alpha value is -4.21. The van der Waals surface area contributed by atoms with Crippen molar-refractivity contribution in [2.75, 3.05) is 11.9 Å². The Labute approximate surface area is 194 Å². The molecule has 5 rings (SSSR count). The van der Waals surface area contributed by atoms with Crippen LogP contribution >= 0.6 is 0 Å². The lowest BCUT2D eigenvalue weighted by molar-refractivity contribution is -0.138. The number of carbonyl (C=O) groups excluding carboxylic acids is 2. The van der Waals surface area contributed by atoms with Gasteiger partial charge in [0.2, 0.25) is 5.82 Å². The normalized spacial score (nSPS) is 18.4. The molecule has 0 aliphatic heterocycles. The Bertz CT molecular complexity index is 1200. The van der Waals surface area contributed by atoms with Crippen molar-refractivity contribution < 1.29 is 24.2 Å². The van der Waals surface area contributed by atoms with E-state index in [2.05, 4.69) is 37.9 Å². The lowest BCUT2D eigenvalue weighted by Gasteiger charge is -2.34. The number of aromatic amines is 1. The third-order valence-corrected chi connectivity index (χ3v) is 6.29. The van der Waals surface area contributed by atoms with Gasteiger partial charge in [-0.2, -0.15) is 4.98 Å². The van der Waals surface area contributed by atoms with Gasteiger partial charge in [0.15, 0.2) is 0 Å². The summed E-state index contributed by atoms with van der Waals surface area (Å²) in [5.74, 6) is -1.42. The van der Waals surface area contributed by atoms with Gasteiger partial charge in [-0.05, 0) is 41.0 Å². The lowest BCUT2D eigenvalue weighted by Crippen LogP contribution is -2.45. The number of carboxylic acids is 1. The van der Waals surface area contributed by atoms with Crippen LogP contribution in [0.3, 0.4) is 0 Å². The smallest absolute Gasteiger partial charge is 0.414 e. The number of hydrogen-bond acceptors (Lipinski definition) is 6. The molecule has 1 saturated carbocycles. The number of H-pyrrole nitrogens is 1. The number of aromatic nitrogens is 3. The number of benzene rings is 2. The van der Waals surface area contributed by atoms with Crippen molar-refractivity contribution in [3.8, 4) is 11.1 Å². The first-order valence-corrected chi connectivity index (χ1v) is 11.0. The number of fused-ring (bicyclic) bond motifs is 3. The van der Waals surface area contributed by atoms with Crippen molar-refractivity contribution in [3.63, 3.8) is 0 Å². The number of nitrogens with one attached hydrogen (secondary N) is 3. The molecule has 0 atom stereocenters. The van der Waals surface area contributed by atoms with Crippen LogP contribution in [-0.2, 0) is 9.53 Å². The van der Waals surface area contributed by atoms with Gasteiger partial charge >= 0.3 is 12.1 Å². The fourth-order valence-corrected chi connectivity index (χ4v) is 4.67. The third kappa shape index (κ3) is 4.34. The Morgan fingerprint density at radius 2 is 1.68 bits per heavy atom. The first-order chi connectivity index (χ1) is 16.5. The third-order valence-electron chi connectivity index (χ3n) is 6.29. The van der Waals surface area contributed by atoms with Gasteiger partial charge in [-0.15, -0.1) is 5.10 Å². The number of carbonyl (C=O) groups is 3. The molecule has 0 radical (unpaired) electrons. The van der Waals surface area contributed by atoms with E-state index in [1.807, 2.05) is 36.4 Å². The van der Waals surface area contributed by atoms with Crippen molar-refractivity contribution in [3.05, 3.63) is 65.5 Å². The molecule has 34 heavy (non-hydrogen) atoms. The molecule has 0 spiro atoms. The Balaban J connectivity index is 1.14. The molecule has 0 saturated heterocycles. The van der Waals surface area contributed by atoms with Crippen LogP contribution in [0.15, 0.2) is 48.5 Å². The number of amides is 2. The summed E-state index contributed by atoms with van der Waals surface area (Å²) >= 11 is 0. The maximum atomic E-state index is 12.4. The number of hydrogen-bond donors (Lipinski definition) is 4. The number of rotatable bonds is 7. The zero-order chi connectivity index (χ0) is 23.7. The second-order valence-electron chi connectivity index (χ2n) is 8.56. The molecular weight excluding hydrogens is 438 g/mol. The fraction of sp³-hybridized carbons (Fsp3) is 0.292. The molecule has 10 heteroatoms. The predicted molar refractivity (Wildman–Crippen MR) is 121 cm³/mol. The summed E-state index contributed by atoms with van der Waals surface area (Å²) in [5.41, 5.74) is 4.49. The van der Waals surface area contributed by atoms with E-state index in [-0.39, 0.29) is 42.7 Å². The van der Waals surface area contributed by atoms with Crippen molar-refractivity contribution in [2.45, 2.75) is 31.2 Å². The SMILES string of the molecule is O=C(O)CC1CC(NC(=O)c2nc(NC(=O)OCC3c4ccccc4-c4ccccc43)n[nH]2)C1. The maximum Gasteiger partial charge on any atom is 0.414 e. The predicted octanol–water partition coefficient (Wildman–Crippen LogP) is 3.15. The van der Waals surface area contributed by atoms with Crippen LogP contribution < -0.4 is 10.6 Å². The van der Waals surface area contributed by atoms with Crippen LogP contribution in [0.1, 0.15) is 46.9 Å². The van der Waals surface area contributed by atoms with E-state index < -0.39 is 18.0 Å². The average Bonchev–Trinajstić information content (AvgIpc) is 3.39. The summed E-state index contributed by atoms with van der Waals surface area (Å²) < 4.78 is 5.46. The summed E-state index contributed by atoms with van der Waals surface area (Å²) in [6, 6.07) is 16.0. The van der Waals surface area contributed by atoms with Gasteiger partial charge in [0.25, 0.3) is 11.9 Å². The van der Waals surface area contributed by atoms with Crippen LogP contribution in [0.5, 0.6) is 0 Å². The summed E-state index contributed by atoms with van der Waals surface area (Å²) in [5, 5.41) is 20.4. The Morgan fingerprint density at radius 1 is 1.03 bits per heavy atom. The first kappa shape index (κ1) is 21.6. The van der Waals surface area contributed by atoms with Crippen LogP contribution in [0.4, 0.5) is 10.7 Å². The Kier molecular flexibility index (Phi) is 5.70. The molecular formula is C24H23N5O5. The van der Waals surface area contributed by atoms with Gasteiger partial charge in [0.05, 0.1) is 0 Å². The van der Waals surface area contributed by atoms with E-state index in [0.717, 1.165) is 22.3 Å². The first-order valence-electron chi connectivity index (χ1n) is 11.0. The van der Waals surface area contributed by atoms with Gasteiger partial charge in [-0.25, -0.2) is 4.79 Å². The van der Waals surface area contributed by atoms with Crippen molar-refractivity contribution in [1.82, 2.24) is 20.5 Å². The van der Waals surface area contributed by atoms with Crippen molar-refractivity contribution >= 4 is 23.9 Å². The van der Waals surface area contributed by atoms with Gasteiger partial charge in [0, 0.05) is 18.4 Å². The molecule has 2 aromatic carbocycles. The molecule has 2 amide bonds. The molecule has 1 fully saturated rings. The highest BCUT2D eigenvalue weighted by molar-refractivity contribution is 5.91. The standard InChI is InChI=1S/C24H23N5O5/c30-20(31)11-13-9-14(10-13)25-22(32)21-26-23(29-28-21)27-24(33)34-12-19-17-7-3-1-5-15(17)16-6-2-4-8-18(16)19/h1-8,13-14,19H,9-12H2,(H,25,32)(H,30,31)(H2,26,27,28,29,33). The monoisotopic (exact) mass is 461 g/mol. The van der Waals surface area contributed by atoms with Gasteiger partial charge in [-0.3, -0.25) is 20.0 Å². The van der Waals surface area contributed by atoms with Gasteiger partial charge in [-0.1, -0.05) is 48.5 Å². The van der Waals surface area contributed by atoms with Gasteiger partial charge in [0.1, 0.15) is 6.61 Å². The molecule has 4 N–H and O–H groups in total. The Morgan fingerprint density at radius 3 is 2.32 bits per heavy atom. The van der Waals surface area contributed by atoms with E-state index >= 15 is 0 Å². The molecule has 1 aromatic heterocycles. The summed E-state index contributed by atoms with van der Waals surface area (Å²) in [7, 11) is 0. The minimum Gasteiger partial charge on any atom is -0.481 e. The van der Waals surface area contributed by atoms with Crippen LogP contribution in [0.25, 0.3) is 11.1 Å². The van der Waals surface area contributed by atoms with Crippen molar-refractivity contribution in [1.29, 1.82) is 0 Å². The largest absolute Gasteiger partial charge is 0.481 e. The highest BCUT2D eigenvalue weighted by Crippen LogP contribution is 2.44. The number of ether oxygens (including phenoxy) is 1. The number of anilines is 1. The van der Waals surface area contributed by atoms with Crippen LogP contribution in [-0.4, -0.2) is 50.9 Å². The summed E-state index contributed by atoms with van der Waals surface area (Å²) in [6.07, 6.45) is 0.597. The van der Waals surface area contributed by atoms with E-state index in [1.165, 1.54) is 0 Å². The topological polar surface area (TPSA) is 146 Å². The second-order valence-corrected chi connectivity index (χ2v) is 8.56. The molecule has 2 aliphatic rings. The second kappa shape index (κ2) is 8.97.